The van der Waals surface area contributed by atoms with E-state index in [1.54, 1.807) is 12.1 Å². The predicted molar refractivity (Wildman–Crippen MR) is 108 cm³/mol. The summed E-state index contributed by atoms with van der Waals surface area (Å²) in [6, 6.07) is 11.3. The molecule has 0 unspecified atom stereocenters. The van der Waals surface area contributed by atoms with Crippen LogP contribution in [-0.2, 0) is 5.41 Å². The lowest BCUT2D eigenvalue weighted by molar-refractivity contribution is 0.0695. The van der Waals surface area contributed by atoms with Gasteiger partial charge >= 0.3 is 0 Å². The average Bonchev–Trinajstić information content (AvgIpc) is 3.08. The summed E-state index contributed by atoms with van der Waals surface area (Å²) in [5.74, 6) is 0.123. The number of carbonyl (C=O) groups is 2. The highest BCUT2D eigenvalue weighted by molar-refractivity contribution is 9.10. The largest absolute Gasteiger partial charge is 0.444 e. The molecule has 0 bridgehead atoms. The number of carbonyl (C=O) groups excluding carboxylic acids is 2. The second-order valence-electron chi connectivity index (χ2n) is 7.97. The van der Waals surface area contributed by atoms with E-state index >= 15 is 0 Å². The minimum atomic E-state index is -0.219. The van der Waals surface area contributed by atoms with Crippen molar-refractivity contribution in [3.8, 4) is 0 Å². The first kappa shape index (κ1) is 19.7. The van der Waals surface area contributed by atoms with Gasteiger partial charge in [-0.3, -0.25) is 9.59 Å². The van der Waals surface area contributed by atoms with Gasteiger partial charge in [-0.05, 0) is 64.0 Å². The molecular weight excluding hydrogens is 408 g/mol. The van der Waals surface area contributed by atoms with Crippen molar-refractivity contribution in [2.24, 2.45) is 0 Å². The van der Waals surface area contributed by atoms with Gasteiger partial charge < -0.3 is 14.6 Å². The van der Waals surface area contributed by atoms with E-state index in [0.29, 0.717) is 29.1 Å². The zero-order valence-corrected chi connectivity index (χ0v) is 17.5. The van der Waals surface area contributed by atoms with Gasteiger partial charge in [0.25, 0.3) is 11.8 Å². The quantitative estimate of drug-likeness (QED) is 0.782. The minimum Gasteiger partial charge on any atom is -0.444 e. The third kappa shape index (κ3) is 4.80. The highest BCUT2D eigenvalue weighted by atomic mass is 79.9. The molecule has 2 heterocycles. The molecule has 1 aliphatic rings. The first-order valence-electron chi connectivity index (χ1n) is 9.20. The summed E-state index contributed by atoms with van der Waals surface area (Å²) >= 11 is 3.20. The molecule has 27 heavy (non-hydrogen) atoms. The number of piperidine rings is 1. The Labute approximate surface area is 168 Å². The Kier molecular flexibility index (Phi) is 5.75. The Balaban J connectivity index is 1.54. The molecule has 1 aromatic carbocycles. The van der Waals surface area contributed by atoms with E-state index in [9.17, 15) is 9.59 Å². The predicted octanol–water partition coefficient (Wildman–Crippen LogP) is 4.37. The lowest BCUT2D eigenvalue weighted by atomic mass is 9.86. The third-order valence-electron chi connectivity index (χ3n) is 4.91. The molecule has 0 radical (unpaired) electrons. The van der Waals surface area contributed by atoms with Crippen LogP contribution in [0.5, 0.6) is 0 Å². The number of hydrogen-bond acceptors (Lipinski definition) is 3. The van der Waals surface area contributed by atoms with E-state index in [1.807, 2.05) is 29.2 Å². The molecule has 3 rings (SSSR count). The summed E-state index contributed by atoms with van der Waals surface area (Å²) in [7, 11) is 0. The van der Waals surface area contributed by atoms with Gasteiger partial charge in [-0.1, -0.05) is 32.9 Å². The molecule has 1 fully saturated rings. The third-order valence-corrected chi connectivity index (χ3v) is 5.34. The minimum absolute atomic E-state index is 0.0497. The molecule has 2 amide bonds. The Hall–Kier alpha value is -2.08. The standard InChI is InChI=1S/C21H25BrN2O3/c1-21(2,3)15-6-4-14(5-7-15)20(26)24-12-10-16(11-13-24)23-19(25)17-8-9-18(22)27-17/h4-9,16H,10-13H2,1-3H3,(H,23,25). The SMILES string of the molecule is CC(C)(C)c1ccc(C(=O)N2CCC(NC(=O)c3ccc(Br)o3)CC2)cc1. The lowest BCUT2D eigenvalue weighted by Crippen LogP contribution is -2.46. The zero-order chi connectivity index (χ0) is 19.6. The highest BCUT2D eigenvalue weighted by Crippen LogP contribution is 2.23. The van der Waals surface area contributed by atoms with Crippen LogP contribution in [0, 0.1) is 0 Å². The second kappa shape index (κ2) is 7.89. The number of benzene rings is 1. The number of likely N-dealkylation sites (tertiary alicyclic amines) is 1. The molecular formula is C21H25BrN2O3. The molecule has 2 aromatic rings. The maximum atomic E-state index is 12.7. The smallest absolute Gasteiger partial charge is 0.287 e. The first-order valence-corrected chi connectivity index (χ1v) is 9.99. The number of nitrogens with zero attached hydrogens (tertiary/aromatic N) is 1. The van der Waals surface area contributed by atoms with Crippen LogP contribution in [0.1, 0.15) is 60.1 Å². The van der Waals surface area contributed by atoms with Crippen molar-refractivity contribution in [1.82, 2.24) is 10.2 Å². The Morgan fingerprint density at radius 1 is 1.07 bits per heavy atom. The van der Waals surface area contributed by atoms with Crippen LogP contribution < -0.4 is 5.32 Å². The van der Waals surface area contributed by atoms with E-state index in [2.05, 4.69) is 42.0 Å². The van der Waals surface area contributed by atoms with Crippen molar-refractivity contribution in [2.45, 2.75) is 45.1 Å². The molecule has 144 valence electrons. The number of nitrogens with one attached hydrogen (secondary N) is 1. The van der Waals surface area contributed by atoms with Crippen molar-refractivity contribution in [3.63, 3.8) is 0 Å². The summed E-state index contributed by atoms with van der Waals surface area (Å²) in [5.41, 5.74) is 2.00. The number of rotatable bonds is 3. The van der Waals surface area contributed by atoms with E-state index in [-0.39, 0.29) is 23.3 Å². The van der Waals surface area contributed by atoms with Crippen LogP contribution in [0.4, 0.5) is 0 Å². The maximum Gasteiger partial charge on any atom is 0.287 e. The van der Waals surface area contributed by atoms with Gasteiger partial charge in [-0.2, -0.15) is 0 Å². The zero-order valence-electron chi connectivity index (χ0n) is 15.9. The number of amides is 2. The summed E-state index contributed by atoms with van der Waals surface area (Å²) in [5, 5.41) is 2.98. The normalized spacial score (nSPS) is 15.6. The van der Waals surface area contributed by atoms with Gasteiger partial charge in [0.1, 0.15) is 0 Å². The molecule has 1 N–H and O–H groups in total. The monoisotopic (exact) mass is 432 g/mol. The van der Waals surface area contributed by atoms with Crippen LogP contribution in [0.2, 0.25) is 0 Å². The number of furan rings is 1. The summed E-state index contributed by atoms with van der Waals surface area (Å²) in [6.07, 6.45) is 1.47. The van der Waals surface area contributed by atoms with E-state index in [4.69, 9.17) is 4.42 Å². The Bertz CT molecular complexity index is 813. The van der Waals surface area contributed by atoms with Crippen LogP contribution in [0.3, 0.4) is 0 Å². The average molecular weight is 433 g/mol. The molecule has 0 atom stereocenters. The first-order chi connectivity index (χ1) is 12.7. The maximum absolute atomic E-state index is 12.7. The van der Waals surface area contributed by atoms with E-state index in [0.717, 1.165) is 12.8 Å². The van der Waals surface area contributed by atoms with Gasteiger partial charge in [0.05, 0.1) is 0 Å². The van der Waals surface area contributed by atoms with Gasteiger partial charge in [0.2, 0.25) is 0 Å². The fourth-order valence-electron chi connectivity index (χ4n) is 3.22. The highest BCUT2D eigenvalue weighted by Gasteiger charge is 2.26. The summed E-state index contributed by atoms with van der Waals surface area (Å²) in [6.45, 7) is 7.73. The van der Waals surface area contributed by atoms with Gasteiger partial charge in [0.15, 0.2) is 10.4 Å². The van der Waals surface area contributed by atoms with Crippen molar-refractivity contribution in [1.29, 1.82) is 0 Å². The number of hydrogen-bond donors (Lipinski definition) is 1. The molecule has 1 saturated heterocycles. The molecule has 0 aliphatic carbocycles. The second-order valence-corrected chi connectivity index (χ2v) is 8.75. The van der Waals surface area contributed by atoms with Gasteiger partial charge in [-0.25, -0.2) is 0 Å². The Morgan fingerprint density at radius 2 is 1.70 bits per heavy atom. The lowest BCUT2D eigenvalue weighted by Gasteiger charge is -2.32. The molecule has 1 aliphatic heterocycles. The Morgan fingerprint density at radius 3 is 2.22 bits per heavy atom. The fraction of sp³-hybridized carbons (Fsp3) is 0.429. The van der Waals surface area contributed by atoms with Crippen molar-refractivity contribution in [2.75, 3.05) is 13.1 Å². The molecule has 1 aromatic heterocycles. The summed E-state index contributed by atoms with van der Waals surface area (Å²) < 4.78 is 5.81. The van der Waals surface area contributed by atoms with Crippen LogP contribution in [0.25, 0.3) is 0 Å². The van der Waals surface area contributed by atoms with Crippen LogP contribution in [0.15, 0.2) is 45.5 Å². The van der Waals surface area contributed by atoms with Crippen molar-refractivity contribution in [3.05, 3.63) is 58.0 Å². The molecule has 0 saturated carbocycles. The summed E-state index contributed by atoms with van der Waals surface area (Å²) in [4.78, 5) is 26.8. The molecule has 5 nitrogen and oxygen atoms in total. The number of halogens is 1. The van der Waals surface area contributed by atoms with Gasteiger partial charge in [-0.15, -0.1) is 0 Å². The van der Waals surface area contributed by atoms with Crippen LogP contribution >= 0.6 is 15.9 Å². The fourth-order valence-corrected chi connectivity index (χ4v) is 3.52. The van der Waals surface area contributed by atoms with E-state index in [1.165, 1.54) is 5.56 Å². The molecule has 6 heteroatoms. The molecule has 0 spiro atoms. The van der Waals surface area contributed by atoms with Crippen molar-refractivity contribution >= 4 is 27.7 Å². The van der Waals surface area contributed by atoms with Crippen LogP contribution in [-0.4, -0.2) is 35.8 Å². The van der Waals surface area contributed by atoms with Gasteiger partial charge in [0, 0.05) is 24.7 Å². The topological polar surface area (TPSA) is 62.6 Å². The van der Waals surface area contributed by atoms with Crippen molar-refractivity contribution < 1.29 is 14.0 Å². The van der Waals surface area contributed by atoms with E-state index < -0.39 is 0 Å².